The number of carbonyl (C=O) groups is 1. The van der Waals surface area contributed by atoms with E-state index >= 15 is 0 Å². The van der Waals surface area contributed by atoms with Gasteiger partial charge in [0.1, 0.15) is 12.3 Å². The number of amides is 1. The monoisotopic (exact) mass is 510 g/mol. The standard InChI is InChI=1S/C20H26N6O2.HI/c1-21-20(22-11-15-7-10-28-18-6-4-3-5-17(15)18)25-8-9-26(19(27)14-25)16-12-23-24(2)13-16;/h3-6,12-13,15H,7-11,14H2,1-2H3,(H,21,22);1H. The molecular formula is C20H27IN6O2. The number of halogens is 1. The fraction of sp³-hybridized carbons (Fsp3) is 0.450. The van der Waals surface area contributed by atoms with Gasteiger partial charge in [-0.05, 0) is 18.1 Å². The highest BCUT2D eigenvalue weighted by Gasteiger charge is 2.28. The highest BCUT2D eigenvalue weighted by Crippen LogP contribution is 2.32. The quantitative estimate of drug-likeness (QED) is 0.388. The van der Waals surface area contributed by atoms with Gasteiger partial charge in [0.2, 0.25) is 5.91 Å². The predicted octanol–water partition coefficient (Wildman–Crippen LogP) is 1.83. The van der Waals surface area contributed by atoms with E-state index in [0.717, 1.165) is 43.5 Å². The molecule has 0 bridgehead atoms. The van der Waals surface area contributed by atoms with Crippen LogP contribution >= 0.6 is 24.0 Å². The van der Waals surface area contributed by atoms with E-state index in [-0.39, 0.29) is 29.9 Å². The Hall–Kier alpha value is -2.30. The number of aliphatic imine (C=N–C) groups is 1. The minimum atomic E-state index is 0. The Morgan fingerprint density at radius 1 is 1.34 bits per heavy atom. The van der Waals surface area contributed by atoms with Gasteiger partial charge in [-0.3, -0.25) is 14.5 Å². The third-order valence-electron chi connectivity index (χ3n) is 5.32. The van der Waals surface area contributed by atoms with Crippen LogP contribution in [0.1, 0.15) is 17.9 Å². The van der Waals surface area contributed by atoms with Gasteiger partial charge in [-0.15, -0.1) is 24.0 Å². The Morgan fingerprint density at radius 3 is 2.90 bits per heavy atom. The Kier molecular flexibility index (Phi) is 6.99. The molecule has 9 heteroatoms. The summed E-state index contributed by atoms with van der Waals surface area (Å²) < 4.78 is 7.46. The first-order valence-electron chi connectivity index (χ1n) is 9.62. The van der Waals surface area contributed by atoms with Gasteiger partial charge in [0.05, 0.1) is 18.5 Å². The van der Waals surface area contributed by atoms with Crippen molar-refractivity contribution in [2.24, 2.45) is 12.0 Å². The molecule has 0 radical (unpaired) electrons. The number of nitrogens with zero attached hydrogens (tertiary/aromatic N) is 5. The van der Waals surface area contributed by atoms with Crippen molar-refractivity contribution in [3.63, 3.8) is 0 Å². The van der Waals surface area contributed by atoms with Gasteiger partial charge < -0.3 is 19.9 Å². The molecule has 1 N–H and O–H groups in total. The number of ether oxygens (including phenoxy) is 1. The summed E-state index contributed by atoms with van der Waals surface area (Å²) in [5.74, 6) is 2.16. The van der Waals surface area contributed by atoms with Crippen molar-refractivity contribution in [1.29, 1.82) is 0 Å². The van der Waals surface area contributed by atoms with E-state index in [4.69, 9.17) is 4.74 Å². The zero-order valence-electron chi connectivity index (χ0n) is 16.7. The van der Waals surface area contributed by atoms with Crippen molar-refractivity contribution in [2.45, 2.75) is 12.3 Å². The normalized spacial score (nSPS) is 19.3. The number of carbonyl (C=O) groups excluding carboxylic acids is 1. The lowest BCUT2D eigenvalue weighted by Crippen LogP contribution is -2.55. The number of piperazine rings is 1. The van der Waals surface area contributed by atoms with Crippen LogP contribution < -0.4 is 15.0 Å². The summed E-state index contributed by atoms with van der Waals surface area (Å²) in [7, 11) is 3.61. The fourth-order valence-electron chi connectivity index (χ4n) is 3.85. The molecule has 2 aliphatic heterocycles. The first-order valence-corrected chi connectivity index (χ1v) is 9.62. The molecule has 1 fully saturated rings. The van der Waals surface area contributed by atoms with Crippen LogP contribution in [0, 0.1) is 0 Å². The molecule has 4 rings (SSSR count). The smallest absolute Gasteiger partial charge is 0.246 e. The number of guanidine groups is 1. The zero-order chi connectivity index (χ0) is 19.5. The number of nitrogens with one attached hydrogen (secondary N) is 1. The van der Waals surface area contributed by atoms with E-state index in [2.05, 4.69) is 21.5 Å². The van der Waals surface area contributed by atoms with Crippen molar-refractivity contribution in [3.8, 4) is 5.75 Å². The van der Waals surface area contributed by atoms with Crippen molar-refractivity contribution in [2.75, 3.05) is 44.7 Å². The molecule has 2 aromatic rings. The van der Waals surface area contributed by atoms with Gasteiger partial charge >= 0.3 is 0 Å². The van der Waals surface area contributed by atoms with E-state index in [9.17, 15) is 4.79 Å². The van der Waals surface area contributed by atoms with Crippen LogP contribution in [-0.2, 0) is 11.8 Å². The molecule has 8 nitrogen and oxygen atoms in total. The SMILES string of the molecule is CN=C(NCC1CCOc2ccccc21)N1CCN(c2cnn(C)c2)C(=O)C1.I. The predicted molar refractivity (Wildman–Crippen MR) is 123 cm³/mol. The molecular weight excluding hydrogens is 483 g/mol. The third-order valence-corrected chi connectivity index (χ3v) is 5.32. The van der Waals surface area contributed by atoms with Gasteiger partial charge in [0.25, 0.3) is 0 Å². The number of hydrogen-bond acceptors (Lipinski definition) is 4. The number of rotatable bonds is 3. The average molecular weight is 510 g/mol. The number of fused-ring (bicyclic) bond motifs is 1. The maximum Gasteiger partial charge on any atom is 0.246 e. The van der Waals surface area contributed by atoms with Crippen LogP contribution in [0.15, 0.2) is 41.7 Å². The highest BCUT2D eigenvalue weighted by atomic mass is 127. The van der Waals surface area contributed by atoms with E-state index in [0.29, 0.717) is 19.0 Å². The molecule has 1 unspecified atom stereocenters. The summed E-state index contributed by atoms with van der Waals surface area (Å²) >= 11 is 0. The van der Waals surface area contributed by atoms with Crippen molar-refractivity contribution in [1.82, 2.24) is 20.0 Å². The largest absolute Gasteiger partial charge is 0.493 e. The van der Waals surface area contributed by atoms with E-state index in [1.54, 1.807) is 22.8 Å². The van der Waals surface area contributed by atoms with Crippen LogP contribution in [0.3, 0.4) is 0 Å². The maximum atomic E-state index is 12.7. The molecule has 1 aromatic heterocycles. The summed E-state index contributed by atoms with van der Waals surface area (Å²) in [6, 6.07) is 8.19. The minimum Gasteiger partial charge on any atom is -0.493 e. The molecule has 3 heterocycles. The molecule has 1 aromatic carbocycles. The van der Waals surface area contributed by atoms with E-state index in [1.807, 2.05) is 36.3 Å². The molecule has 0 aliphatic carbocycles. The molecule has 0 saturated carbocycles. The van der Waals surface area contributed by atoms with Gasteiger partial charge in [-0.2, -0.15) is 5.10 Å². The maximum absolute atomic E-state index is 12.7. The lowest BCUT2D eigenvalue weighted by molar-refractivity contribution is -0.120. The number of anilines is 1. The second kappa shape index (κ2) is 9.47. The number of aryl methyl sites for hydroxylation is 1. The molecule has 1 saturated heterocycles. The minimum absolute atomic E-state index is 0. The first kappa shape index (κ1) is 21.4. The van der Waals surface area contributed by atoms with Gasteiger partial charge in [-0.25, -0.2) is 0 Å². The second-order valence-corrected chi connectivity index (χ2v) is 7.14. The lowest BCUT2D eigenvalue weighted by Gasteiger charge is -2.36. The Morgan fingerprint density at radius 2 is 2.17 bits per heavy atom. The topological polar surface area (TPSA) is 75.0 Å². The summed E-state index contributed by atoms with van der Waals surface area (Å²) in [4.78, 5) is 20.9. The van der Waals surface area contributed by atoms with Crippen LogP contribution in [-0.4, -0.2) is 66.4 Å². The van der Waals surface area contributed by atoms with Crippen LogP contribution in [0.25, 0.3) is 0 Å². The number of benzene rings is 1. The number of para-hydroxylation sites is 1. The Balaban J connectivity index is 0.00000240. The van der Waals surface area contributed by atoms with Crippen molar-refractivity contribution < 1.29 is 9.53 Å². The summed E-state index contributed by atoms with van der Waals surface area (Å²) in [6.07, 6.45) is 4.56. The lowest BCUT2D eigenvalue weighted by atomic mass is 9.93. The fourth-order valence-corrected chi connectivity index (χ4v) is 3.85. The molecule has 29 heavy (non-hydrogen) atoms. The summed E-state index contributed by atoms with van der Waals surface area (Å²) in [5, 5.41) is 7.62. The first-order chi connectivity index (χ1) is 13.7. The second-order valence-electron chi connectivity index (χ2n) is 7.14. The molecule has 156 valence electrons. The molecule has 2 aliphatic rings. The Labute approximate surface area is 187 Å². The zero-order valence-corrected chi connectivity index (χ0v) is 19.1. The van der Waals surface area contributed by atoms with E-state index in [1.165, 1.54) is 5.56 Å². The Bertz CT molecular complexity index is 883. The van der Waals surface area contributed by atoms with Crippen LogP contribution in [0.2, 0.25) is 0 Å². The highest BCUT2D eigenvalue weighted by molar-refractivity contribution is 14.0. The molecule has 1 atom stereocenters. The number of aromatic nitrogens is 2. The average Bonchev–Trinajstić information content (AvgIpc) is 3.14. The number of hydrogen-bond donors (Lipinski definition) is 1. The molecule has 0 spiro atoms. The van der Waals surface area contributed by atoms with Gasteiger partial charge in [0, 0.05) is 45.8 Å². The van der Waals surface area contributed by atoms with Gasteiger partial charge in [-0.1, -0.05) is 18.2 Å². The van der Waals surface area contributed by atoms with Gasteiger partial charge in [0.15, 0.2) is 5.96 Å². The molecule has 1 amide bonds. The third kappa shape index (κ3) is 4.65. The summed E-state index contributed by atoms with van der Waals surface area (Å²) in [5.41, 5.74) is 2.07. The van der Waals surface area contributed by atoms with Crippen molar-refractivity contribution >= 4 is 41.5 Å². The van der Waals surface area contributed by atoms with E-state index < -0.39 is 0 Å². The van der Waals surface area contributed by atoms with Crippen molar-refractivity contribution in [3.05, 3.63) is 42.2 Å². The van der Waals surface area contributed by atoms with Crippen LogP contribution in [0.4, 0.5) is 5.69 Å². The summed E-state index contributed by atoms with van der Waals surface area (Å²) in [6.45, 7) is 3.14. The van der Waals surface area contributed by atoms with Crippen LogP contribution in [0.5, 0.6) is 5.75 Å².